The van der Waals surface area contributed by atoms with Crippen LogP contribution in [-0.4, -0.2) is 5.97 Å². The number of hydrogen-bond acceptors (Lipinski definition) is 2. The van der Waals surface area contributed by atoms with Crippen molar-refractivity contribution in [3.8, 4) is 0 Å². The van der Waals surface area contributed by atoms with Gasteiger partial charge in [0.2, 0.25) is 0 Å². The van der Waals surface area contributed by atoms with Gasteiger partial charge < -0.3 is 9.90 Å². The first kappa shape index (κ1) is 16.6. The molecule has 0 N–H and O–H groups in total. The van der Waals surface area contributed by atoms with E-state index >= 15 is 0 Å². The molecule has 0 fully saturated rings. The Bertz CT molecular complexity index is 530. The predicted molar refractivity (Wildman–Crippen MR) is 69.4 cm³/mol. The van der Waals surface area contributed by atoms with Crippen LogP contribution in [0.5, 0.6) is 0 Å². The van der Waals surface area contributed by atoms with Crippen molar-refractivity contribution < 1.29 is 61.3 Å². The van der Waals surface area contributed by atoms with E-state index in [0.717, 1.165) is 18.4 Å². The second-order valence-electron chi connectivity index (χ2n) is 4.47. The van der Waals surface area contributed by atoms with Gasteiger partial charge in [-0.1, -0.05) is 54.1 Å². The van der Waals surface area contributed by atoms with Crippen molar-refractivity contribution in [3.05, 3.63) is 70.8 Å². The van der Waals surface area contributed by atoms with Crippen molar-refractivity contribution in [2.24, 2.45) is 0 Å². The summed E-state index contributed by atoms with van der Waals surface area (Å²) in [5.41, 5.74) is 3.93. The van der Waals surface area contributed by atoms with E-state index in [1.807, 2.05) is 12.1 Å². The number of rotatable bonds is 4. The van der Waals surface area contributed by atoms with Crippen LogP contribution in [0.2, 0.25) is 0 Å². The van der Waals surface area contributed by atoms with Gasteiger partial charge in [0.1, 0.15) is 0 Å². The molecule has 2 aromatic rings. The summed E-state index contributed by atoms with van der Waals surface area (Å²) in [5, 5.41) is 10.6. The van der Waals surface area contributed by atoms with E-state index in [9.17, 15) is 9.90 Å². The molecule has 0 aliphatic rings. The SMILES string of the molecule is Cc1ccc(CCc2ccc(C(=O)[O-])cc2)cc1.[K+]. The molecule has 0 atom stereocenters. The topological polar surface area (TPSA) is 40.1 Å². The van der Waals surface area contributed by atoms with Crippen LogP contribution in [-0.2, 0) is 12.8 Å². The molecule has 2 nitrogen and oxygen atoms in total. The Morgan fingerprint density at radius 2 is 1.32 bits per heavy atom. The maximum Gasteiger partial charge on any atom is 1.00 e. The zero-order chi connectivity index (χ0) is 13.0. The van der Waals surface area contributed by atoms with Crippen LogP contribution in [0.4, 0.5) is 0 Å². The number of aromatic carboxylic acids is 1. The van der Waals surface area contributed by atoms with E-state index in [4.69, 9.17) is 0 Å². The van der Waals surface area contributed by atoms with Gasteiger partial charge in [-0.3, -0.25) is 0 Å². The largest absolute Gasteiger partial charge is 1.00 e. The van der Waals surface area contributed by atoms with Gasteiger partial charge >= 0.3 is 51.4 Å². The van der Waals surface area contributed by atoms with Gasteiger partial charge in [-0.05, 0) is 36.5 Å². The van der Waals surface area contributed by atoms with Gasteiger partial charge in [-0.2, -0.15) is 0 Å². The van der Waals surface area contributed by atoms with Crippen molar-refractivity contribution in [2.75, 3.05) is 0 Å². The molecule has 0 aliphatic heterocycles. The maximum atomic E-state index is 10.6. The Balaban J connectivity index is 0.00000180. The molecule has 0 amide bonds. The van der Waals surface area contributed by atoms with Gasteiger partial charge in [0.25, 0.3) is 0 Å². The van der Waals surface area contributed by atoms with Gasteiger partial charge in [-0.25, -0.2) is 0 Å². The van der Waals surface area contributed by atoms with Crippen LogP contribution in [0.15, 0.2) is 48.5 Å². The summed E-state index contributed by atoms with van der Waals surface area (Å²) in [6.45, 7) is 2.07. The van der Waals surface area contributed by atoms with Crippen molar-refractivity contribution in [3.63, 3.8) is 0 Å². The van der Waals surface area contributed by atoms with E-state index in [0.29, 0.717) is 0 Å². The molecule has 3 heteroatoms. The standard InChI is InChI=1S/C16H16O2.K/c1-12-2-4-13(5-3-12)6-7-14-8-10-15(11-9-14)16(17)18;/h2-5,8-11H,6-7H2,1H3,(H,17,18);/q;+1/p-1. The van der Waals surface area contributed by atoms with Crippen LogP contribution in [0, 0.1) is 6.92 Å². The predicted octanol–water partition coefficient (Wildman–Crippen LogP) is -0.852. The Morgan fingerprint density at radius 1 is 0.895 bits per heavy atom. The summed E-state index contributed by atoms with van der Waals surface area (Å²) in [6.07, 6.45) is 1.88. The third kappa shape index (κ3) is 5.20. The minimum absolute atomic E-state index is 0. The third-order valence-corrected chi connectivity index (χ3v) is 3.01. The van der Waals surface area contributed by atoms with E-state index in [1.54, 1.807) is 12.1 Å². The summed E-state index contributed by atoms with van der Waals surface area (Å²) in [4.78, 5) is 10.6. The zero-order valence-electron chi connectivity index (χ0n) is 11.3. The van der Waals surface area contributed by atoms with Crippen LogP contribution < -0.4 is 56.5 Å². The Kier molecular flexibility index (Phi) is 6.97. The summed E-state index contributed by atoms with van der Waals surface area (Å²) >= 11 is 0. The molecule has 0 aliphatic carbocycles. The number of hydrogen-bond donors (Lipinski definition) is 0. The van der Waals surface area contributed by atoms with Crippen molar-refractivity contribution >= 4 is 5.97 Å². The first-order valence-electron chi connectivity index (χ1n) is 6.01. The number of carboxylic acid groups (broad SMARTS) is 1. The fourth-order valence-electron chi connectivity index (χ4n) is 1.85. The fraction of sp³-hybridized carbons (Fsp3) is 0.188. The molecular formula is C16H15KO2. The number of aryl methyl sites for hydroxylation is 3. The number of carboxylic acids is 1. The molecule has 0 saturated heterocycles. The van der Waals surface area contributed by atoms with Gasteiger partial charge in [0.15, 0.2) is 0 Å². The Labute approximate surface area is 156 Å². The van der Waals surface area contributed by atoms with Crippen LogP contribution >= 0.6 is 0 Å². The molecule has 92 valence electrons. The summed E-state index contributed by atoms with van der Waals surface area (Å²) in [6, 6.07) is 15.4. The molecule has 0 heterocycles. The minimum atomic E-state index is -1.12. The first-order chi connectivity index (χ1) is 8.65. The van der Waals surface area contributed by atoms with E-state index < -0.39 is 5.97 Å². The third-order valence-electron chi connectivity index (χ3n) is 3.01. The average molecular weight is 278 g/mol. The summed E-state index contributed by atoms with van der Waals surface area (Å²) in [7, 11) is 0. The number of benzene rings is 2. The second kappa shape index (κ2) is 7.97. The molecular weight excluding hydrogens is 263 g/mol. The average Bonchev–Trinajstić information content (AvgIpc) is 2.38. The van der Waals surface area contributed by atoms with Gasteiger partial charge in [0.05, 0.1) is 5.97 Å². The van der Waals surface area contributed by atoms with Crippen LogP contribution in [0.25, 0.3) is 0 Å². The number of carbonyl (C=O) groups excluding carboxylic acids is 1. The first-order valence-corrected chi connectivity index (χ1v) is 6.01. The molecule has 0 radical (unpaired) electrons. The molecule has 0 unspecified atom stereocenters. The van der Waals surface area contributed by atoms with Gasteiger partial charge in [-0.15, -0.1) is 0 Å². The summed E-state index contributed by atoms with van der Waals surface area (Å²) < 4.78 is 0. The second-order valence-corrected chi connectivity index (χ2v) is 4.47. The van der Waals surface area contributed by atoms with E-state index in [2.05, 4.69) is 31.2 Å². The Hall–Kier alpha value is -0.454. The Morgan fingerprint density at radius 3 is 1.74 bits per heavy atom. The van der Waals surface area contributed by atoms with Crippen molar-refractivity contribution in [1.82, 2.24) is 0 Å². The molecule has 2 rings (SSSR count). The van der Waals surface area contributed by atoms with E-state index in [1.165, 1.54) is 11.1 Å². The minimum Gasteiger partial charge on any atom is -0.545 e. The zero-order valence-corrected chi connectivity index (χ0v) is 14.5. The summed E-state index contributed by atoms with van der Waals surface area (Å²) in [5.74, 6) is -1.12. The molecule has 0 saturated carbocycles. The van der Waals surface area contributed by atoms with E-state index in [-0.39, 0.29) is 56.9 Å². The van der Waals surface area contributed by atoms with Gasteiger partial charge in [0, 0.05) is 0 Å². The maximum absolute atomic E-state index is 10.6. The molecule has 19 heavy (non-hydrogen) atoms. The molecule has 0 aromatic heterocycles. The quantitative estimate of drug-likeness (QED) is 0.684. The monoisotopic (exact) mass is 278 g/mol. The number of carbonyl (C=O) groups is 1. The van der Waals surface area contributed by atoms with Crippen LogP contribution in [0.3, 0.4) is 0 Å². The normalized spacial score (nSPS) is 9.74. The molecule has 2 aromatic carbocycles. The molecule has 0 spiro atoms. The van der Waals surface area contributed by atoms with Crippen molar-refractivity contribution in [1.29, 1.82) is 0 Å². The molecule has 0 bridgehead atoms. The smallest absolute Gasteiger partial charge is 0.545 e. The fourth-order valence-corrected chi connectivity index (χ4v) is 1.85. The van der Waals surface area contributed by atoms with Crippen molar-refractivity contribution in [2.45, 2.75) is 19.8 Å². The van der Waals surface area contributed by atoms with Crippen LogP contribution in [0.1, 0.15) is 27.0 Å².